The van der Waals surface area contributed by atoms with E-state index < -0.39 is 11.6 Å². The lowest BCUT2D eigenvalue weighted by Gasteiger charge is -2.11. The van der Waals surface area contributed by atoms with E-state index in [0.29, 0.717) is 18.8 Å². The summed E-state index contributed by atoms with van der Waals surface area (Å²) in [4.78, 5) is 4.19. The zero-order valence-electron chi connectivity index (χ0n) is 10.2. The first kappa shape index (κ1) is 13.2. The van der Waals surface area contributed by atoms with Gasteiger partial charge in [0.25, 0.3) is 0 Å². The summed E-state index contributed by atoms with van der Waals surface area (Å²) in [6.07, 6.45) is 0.707. The zero-order chi connectivity index (χ0) is 13.3. The molecule has 0 aliphatic heterocycles. The van der Waals surface area contributed by atoms with Crippen LogP contribution in [0.1, 0.15) is 19.4 Å². The summed E-state index contributed by atoms with van der Waals surface area (Å²) >= 11 is 3.00. The monoisotopic (exact) mass is 314 g/mol. The molecule has 0 radical (unpaired) electrons. The third-order valence-electron chi connectivity index (χ3n) is 2.75. The second-order valence-corrected chi connectivity index (χ2v) is 4.78. The molecule has 0 bridgehead atoms. The lowest BCUT2D eigenvalue weighted by molar-refractivity contribution is 0.609. The first-order valence-corrected chi connectivity index (χ1v) is 6.58. The number of rotatable bonds is 3. The second-order valence-electron chi connectivity index (χ2n) is 3.93. The largest absolute Gasteiger partial charge is 0.370 e. The van der Waals surface area contributed by atoms with Gasteiger partial charge in [-0.2, -0.15) is 0 Å². The van der Waals surface area contributed by atoms with Gasteiger partial charge in [-0.05, 0) is 47.0 Å². The summed E-state index contributed by atoms with van der Waals surface area (Å²) < 4.78 is 27.9. The van der Waals surface area contributed by atoms with E-state index in [2.05, 4.69) is 26.2 Å². The number of anilines is 1. The number of hydrogen-bond acceptors (Lipinski definition) is 2. The summed E-state index contributed by atoms with van der Waals surface area (Å²) in [5.74, 6) is -0.384. The fraction of sp³-hybridized carbons (Fsp3) is 0.308. The van der Waals surface area contributed by atoms with Gasteiger partial charge < -0.3 is 5.32 Å². The van der Waals surface area contributed by atoms with Crippen LogP contribution < -0.4 is 5.32 Å². The Morgan fingerprint density at radius 2 is 2.00 bits per heavy atom. The number of benzene rings is 1. The topological polar surface area (TPSA) is 24.9 Å². The maximum Gasteiger partial charge on any atom is 0.150 e. The molecule has 2 nitrogen and oxygen atoms in total. The van der Waals surface area contributed by atoms with Gasteiger partial charge in [-0.1, -0.05) is 6.92 Å². The van der Waals surface area contributed by atoms with Crippen molar-refractivity contribution in [3.8, 4) is 0 Å². The third kappa shape index (κ3) is 2.19. The lowest BCUT2D eigenvalue weighted by atomic mass is 10.1. The van der Waals surface area contributed by atoms with Crippen LogP contribution in [0.3, 0.4) is 0 Å². The molecule has 1 aromatic heterocycles. The lowest BCUT2D eigenvalue weighted by Crippen LogP contribution is -2.04. The number of nitrogens with zero attached hydrogens (tertiary/aromatic N) is 1. The number of halogens is 3. The Hall–Kier alpha value is -1.23. The van der Waals surface area contributed by atoms with Crippen molar-refractivity contribution in [1.29, 1.82) is 0 Å². The summed E-state index contributed by atoms with van der Waals surface area (Å²) in [5.41, 5.74) is 0.935. The molecular weight excluding hydrogens is 302 g/mol. The summed E-state index contributed by atoms with van der Waals surface area (Å²) in [7, 11) is 0. The molecule has 2 aromatic rings. The van der Waals surface area contributed by atoms with Gasteiger partial charge in [0.2, 0.25) is 0 Å². The number of hydrogen-bond donors (Lipinski definition) is 1. The van der Waals surface area contributed by atoms with Crippen molar-refractivity contribution in [3.63, 3.8) is 0 Å². The molecule has 18 heavy (non-hydrogen) atoms. The average Bonchev–Trinajstić information content (AvgIpc) is 2.36. The molecule has 96 valence electrons. The maximum absolute atomic E-state index is 13.9. The van der Waals surface area contributed by atoms with Crippen LogP contribution in [-0.4, -0.2) is 11.5 Å². The van der Waals surface area contributed by atoms with Gasteiger partial charge in [-0.3, -0.25) is 0 Å². The Balaban J connectivity index is 2.78. The van der Waals surface area contributed by atoms with Crippen LogP contribution in [0, 0.1) is 11.6 Å². The summed E-state index contributed by atoms with van der Waals surface area (Å²) in [6.45, 7) is 4.58. The van der Waals surface area contributed by atoms with Crippen molar-refractivity contribution < 1.29 is 8.78 Å². The molecule has 2 rings (SSSR count). The Bertz CT molecular complexity index is 599. The molecule has 1 heterocycles. The average molecular weight is 315 g/mol. The number of aromatic nitrogens is 1. The van der Waals surface area contributed by atoms with Gasteiger partial charge in [-0.15, -0.1) is 0 Å². The van der Waals surface area contributed by atoms with E-state index in [1.54, 1.807) is 6.07 Å². The van der Waals surface area contributed by atoms with E-state index in [-0.39, 0.29) is 15.4 Å². The van der Waals surface area contributed by atoms with Gasteiger partial charge in [0, 0.05) is 11.9 Å². The Labute approximate surface area is 113 Å². The molecule has 5 heteroatoms. The molecule has 0 atom stereocenters. The predicted molar refractivity (Wildman–Crippen MR) is 72.9 cm³/mol. The van der Waals surface area contributed by atoms with Gasteiger partial charge in [-0.25, -0.2) is 13.8 Å². The van der Waals surface area contributed by atoms with Crippen LogP contribution in [0.25, 0.3) is 10.9 Å². The Morgan fingerprint density at radius 3 is 2.61 bits per heavy atom. The van der Waals surface area contributed by atoms with Crippen molar-refractivity contribution >= 4 is 32.7 Å². The predicted octanol–water partition coefficient (Wildman–Crippen LogP) is 4.27. The molecule has 0 unspecified atom stereocenters. The minimum Gasteiger partial charge on any atom is -0.370 e. The van der Waals surface area contributed by atoms with E-state index in [0.717, 1.165) is 11.6 Å². The van der Waals surface area contributed by atoms with Crippen molar-refractivity contribution in [2.75, 3.05) is 11.9 Å². The number of nitrogens with one attached hydrogen (secondary N) is 1. The molecule has 0 fully saturated rings. The Kier molecular flexibility index (Phi) is 3.80. The normalized spacial score (nSPS) is 10.9. The van der Waals surface area contributed by atoms with Crippen molar-refractivity contribution in [2.45, 2.75) is 20.3 Å². The van der Waals surface area contributed by atoms with E-state index in [9.17, 15) is 8.78 Å². The molecule has 0 aliphatic carbocycles. The molecule has 1 N–H and O–H groups in total. The maximum atomic E-state index is 13.9. The quantitative estimate of drug-likeness (QED) is 0.856. The molecule has 0 aliphatic rings. The molecule has 0 spiro atoms. The van der Waals surface area contributed by atoms with Crippen LogP contribution >= 0.6 is 15.9 Å². The summed E-state index contributed by atoms with van der Waals surface area (Å²) in [6, 6.07) is 2.76. The van der Waals surface area contributed by atoms with Crippen molar-refractivity contribution in [2.24, 2.45) is 0 Å². The highest BCUT2D eigenvalue weighted by molar-refractivity contribution is 9.10. The third-order valence-corrected chi connectivity index (χ3v) is 3.33. The van der Waals surface area contributed by atoms with E-state index >= 15 is 0 Å². The molecule has 0 saturated carbocycles. The fourth-order valence-electron chi connectivity index (χ4n) is 1.87. The fourth-order valence-corrected chi connectivity index (χ4v) is 2.28. The van der Waals surface area contributed by atoms with Gasteiger partial charge in [0.15, 0.2) is 5.82 Å². The van der Waals surface area contributed by atoms with E-state index in [4.69, 9.17) is 0 Å². The highest BCUT2D eigenvalue weighted by atomic mass is 79.9. The molecule has 0 saturated heterocycles. The summed E-state index contributed by atoms with van der Waals surface area (Å²) in [5, 5.41) is 3.28. The van der Waals surface area contributed by atoms with Gasteiger partial charge in [0.1, 0.15) is 17.2 Å². The van der Waals surface area contributed by atoms with Crippen molar-refractivity contribution in [1.82, 2.24) is 4.98 Å². The zero-order valence-corrected chi connectivity index (χ0v) is 11.7. The van der Waals surface area contributed by atoms with Crippen LogP contribution in [0.4, 0.5) is 14.6 Å². The van der Waals surface area contributed by atoms with Crippen LogP contribution in [0.2, 0.25) is 0 Å². The number of pyridine rings is 1. The molecular formula is C13H13BrF2N2. The van der Waals surface area contributed by atoms with Gasteiger partial charge in [0.05, 0.1) is 4.47 Å². The van der Waals surface area contributed by atoms with E-state index in [1.165, 1.54) is 0 Å². The number of fused-ring (bicyclic) bond motifs is 1. The standard InChI is InChI=1S/C13H13BrF2N2/c1-3-7-5-8-11(16)9(14)6-10(15)12(8)18-13(7)17-4-2/h5-6H,3-4H2,1-2H3,(H,17,18). The van der Waals surface area contributed by atoms with Crippen LogP contribution in [0.5, 0.6) is 0 Å². The van der Waals surface area contributed by atoms with Crippen LogP contribution in [-0.2, 0) is 6.42 Å². The highest BCUT2D eigenvalue weighted by Gasteiger charge is 2.14. The second kappa shape index (κ2) is 5.18. The van der Waals surface area contributed by atoms with Crippen LogP contribution in [0.15, 0.2) is 16.6 Å². The Morgan fingerprint density at radius 1 is 1.28 bits per heavy atom. The molecule has 0 amide bonds. The minimum absolute atomic E-state index is 0.0591. The van der Waals surface area contributed by atoms with Gasteiger partial charge >= 0.3 is 0 Å². The first-order chi connectivity index (χ1) is 8.58. The highest BCUT2D eigenvalue weighted by Crippen LogP contribution is 2.29. The molecule has 1 aromatic carbocycles. The first-order valence-electron chi connectivity index (χ1n) is 5.79. The number of aryl methyl sites for hydroxylation is 1. The SMILES string of the molecule is CCNc1nc2c(F)cc(Br)c(F)c2cc1CC. The van der Waals surface area contributed by atoms with E-state index in [1.807, 2.05) is 13.8 Å². The minimum atomic E-state index is -0.528. The smallest absolute Gasteiger partial charge is 0.150 e. The van der Waals surface area contributed by atoms with Crippen molar-refractivity contribution in [3.05, 3.63) is 33.8 Å².